The second kappa shape index (κ2) is 15.0. The molecule has 296 valence electrons. The zero-order valence-corrected chi connectivity index (χ0v) is 31.1. The SMILES string of the molecule is COc1ccc2c(c1C1CCN(CC3CCC(n4cc5cc(NC(=O)c6cccc(C(F)(F)F)n6)ncc5n4)CC3)CC1)n(C)c(=O)n2C1CCC(O)NC1=O. The number of halogens is 3. The number of hydrogen-bond acceptors (Lipinski definition) is 9. The van der Waals surface area contributed by atoms with Crippen molar-refractivity contribution in [3.05, 3.63) is 76.2 Å². The van der Waals surface area contributed by atoms with Gasteiger partial charge >= 0.3 is 11.9 Å². The van der Waals surface area contributed by atoms with Crippen molar-refractivity contribution in [3.63, 3.8) is 0 Å². The number of pyridine rings is 2. The highest BCUT2D eigenvalue weighted by molar-refractivity contribution is 6.03. The summed E-state index contributed by atoms with van der Waals surface area (Å²) < 4.78 is 50.2. The van der Waals surface area contributed by atoms with Crippen LogP contribution in [-0.2, 0) is 18.0 Å². The maximum absolute atomic E-state index is 13.6. The Labute approximate surface area is 319 Å². The van der Waals surface area contributed by atoms with Crippen LogP contribution in [0.2, 0.25) is 0 Å². The molecule has 14 nitrogen and oxygen atoms in total. The lowest BCUT2D eigenvalue weighted by Crippen LogP contribution is -2.46. The number of fused-ring (bicyclic) bond motifs is 2. The molecule has 2 amide bonds. The summed E-state index contributed by atoms with van der Waals surface area (Å²) in [6.45, 7) is 2.84. The first-order chi connectivity index (χ1) is 26.9. The van der Waals surface area contributed by atoms with Gasteiger partial charge in [0.1, 0.15) is 40.7 Å². The molecular weight excluding hydrogens is 731 g/mol. The molecule has 0 radical (unpaired) electrons. The molecule has 1 saturated carbocycles. The molecule has 3 aliphatic rings. The minimum atomic E-state index is -4.66. The number of carbonyl (C=O) groups is 2. The zero-order chi connectivity index (χ0) is 39.3. The summed E-state index contributed by atoms with van der Waals surface area (Å²) in [5, 5.41) is 20.5. The molecule has 3 fully saturated rings. The highest BCUT2D eigenvalue weighted by Crippen LogP contribution is 2.41. The normalized spacial score (nSPS) is 22.7. The third kappa shape index (κ3) is 7.24. The standard InChI is InChI=1S/C39H44F3N9O5/c1-48-35-28(51(38(48)55)29-11-13-33(52)46-37(29)54)10-12-30(56-2)34(35)23-14-16-49(17-15-23)20-22-6-8-25(9-7-22)50-21-24-18-32(43-19-27(24)47-50)45-36(53)26-4-3-5-31(44-26)39(40,41)42/h3-5,10,12,18-19,21-23,25,29,33,52H,6-9,11,13-17,20H2,1-2H3,(H,45,53)(H,46,54). The second-order valence-corrected chi connectivity index (χ2v) is 15.2. The number of likely N-dealkylation sites (tertiary alicyclic amines) is 1. The minimum Gasteiger partial charge on any atom is -0.496 e. The van der Waals surface area contributed by atoms with E-state index in [1.165, 1.54) is 6.07 Å². The number of aryl methyl sites for hydroxylation is 1. The van der Waals surface area contributed by atoms with E-state index in [-0.39, 0.29) is 35.1 Å². The average Bonchev–Trinajstić information content (AvgIpc) is 3.72. The Morgan fingerprint density at radius 1 is 1.04 bits per heavy atom. The molecule has 56 heavy (non-hydrogen) atoms. The number of piperidine rings is 2. The summed E-state index contributed by atoms with van der Waals surface area (Å²) in [6, 6.07) is 8.11. The molecular formula is C39H44F3N9O5. The molecule has 0 spiro atoms. The predicted octanol–water partition coefficient (Wildman–Crippen LogP) is 5.14. The van der Waals surface area contributed by atoms with Crippen molar-refractivity contribution >= 4 is 39.6 Å². The van der Waals surface area contributed by atoms with Crippen molar-refractivity contribution in [2.24, 2.45) is 13.0 Å². The van der Waals surface area contributed by atoms with E-state index >= 15 is 0 Å². The average molecular weight is 776 g/mol. The number of nitrogens with one attached hydrogen (secondary N) is 2. The van der Waals surface area contributed by atoms with E-state index in [9.17, 15) is 32.7 Å². The first-order valence-corrected chi connectivity index (χ1v) is 19.1. The number of aliphatic hydroxyl groups excluding tert-OH is 1. The highest BCUT2D eigenvalue weighted by Gasteiger charge is 2.35. The van der Waals surface area contributed by atoms with Crippen LogP contribution in [0.25, 0.3) is 21.9 Å². The molecule has 17 heteroatoms. The Kier molecular flexibility index (Phi) is 10.1. The van der Waals surface area contributed by atoms with Gasteiger partial charge in [0.15, 0.2) is 0 Å². The number of anilines is 1. The van der Waals surface area contributed by atoms with Crippen molar-refractivity contribution in [1.29, 1.82) is 0 Å². The van der Waals surface area contributed by atoms with Crippen molar-refractivity contribution < 1.29 is 32.6 Å². The number of aromatic nitrogens is 6. The second-order valence-electron chi connectivity index (χ2n) is 15.2. The number of ether oxygens (including phenoxy) is 1. The molecule has 2 unspecified atom stereocenters. The van der Waals surface area contributed by atoms with Crippen molar-refractivity contribution in [2.45, 2.75) is 81.8 Å². The van der Waals surface area contributed by atoms with Crippen molar-refractivity contribution in [3.8, 4) is 5.75 Å². The number of hydrogen-bond donors (Lipinski definition) is 3. The van der Waals surface area contributed by atoms with E-state index in [2.05, 4.69) is 25.5 Å². The van der Waals surface area contributed by atoms with Gasteiger partial charge in [0.2, 0.25) is 5.91 Å². The fourth-order valence-corrected chi connectivity index (χ4v) is 8.85. The van der Waals surface area contributed by atoms with Crippen LogP contribution in [0.4, 0.5) is 19.0 Å². The number of benzene rings is 1. The monoisotopic (exact) mass is 775 g/mol. The number of methoxy groups -OCH3 is 1. The molecule has 2 saturated heterocycles. The number of nitrogens with zero attached hydrogens (tertiary/aromatic N) is 7. The molecule has 1 aliphatic carbocycles. The Bertz CT molecular complexity index is 2340. The van der Waals surface area contributed by atoms with Gasteiger partial charge in [-0.3, -0.25) is 23.4 Å². The fraction of sp³-hybridized carbons (Fsp3) is 0.487. The Morgan fingerprint density at radius 3 is 2.52 bits per heavy atom. The lowest BCUT2D eigenvalue weighted by atomic mass is 9.84. The number of aliphatic hydroxyl groups is 1. The number of alkyl halides is 3. The van der Waals surface area contributed by atoms with Crippen LogP contribution in [0, 0.1) is 5.92 Å². The molecule has 6 heterocycles. The topological polar surface area (TPSA) is 161 Å². The first-order valence-electron chi connectivity index (χ1n) is 19.1. The third-order valence-electron chi connectivity index (χ3n) is 11.7. The van der Waals surface area contributed by atoms with Gasteiger partial charge in [0.25, 0.3) is 5.91 Å². The van der Waals surface area contributed by atoms with Crippen LogP contribution in [-0.4, -0.2) is 83.7 Å². The number of rotatable bonds is 8. The minimum absolute atomic E-state index is 0.179. The highest BCUT2D eigenvalue weighted by atomic mass is 19.4. The molecule has 5 aromatic rings. The summed E-state index contributed by atoms with van der Waals surface area (Å²) >= 11 is 0. The lowest BCUT2D eigenvalue weighted by molar-refractivity contribution is -0.141. The summed E-state index contributed by atoms with van der Waals surface area (Å²) in [7, 11) is 3.39. The first kappa shape index (κ1) is 37.6. The predicted molar refractivity (Wildman–Crippen MR) is 200 cm³/mol. The van der Waals surface area contributed by atoms with Gasteiger partial charge in [-0.25, -0.2) is 14.8 Å². The Balaban J connectivity index is 0.877. The third-order valence-corrected chi connectivity index (χ3v) is 11.7. The molecule has 4 aromatic heterocycles. The summed E-state index contributed by atoms with van der Waals surface area (Å²) in [5.41, 5.74) is 1.40. The molecule has 8 rings (SSSR count). The maximum atomic E-state index is 13.6. The van der Waals surface area contributed by atoms with Crippen LogP contribution in [0.1, 0.15) is 91.1 Å². The molecule has 2 atom stereocenters. The van der Waals surface area contributed by atoms with E-state index < -0.39 is 30.0 Å². The molecule has 3 N–H and O–H groups in total. The quantitative estimate of drug-likeness (QED) is 0.194. The van der Waals surface area contributed by atoms with Crippen LogP contribution in [0.5, 0.6) is 5.75 Å². The van der Waals surface area contributed by atoms with E-state index in [0.717, 1.165) is 92.5 Å². The van der Waals surface area contributed by atoms with Gasteiger partial charge in [0, 0.05) is 30.7 Å². The van der Waals surface area contributed by atoms with E-state index in [4.69, 9.17) is 9.84 Å². The van der Waals surface area contributed by atoms with Gasteiger partial charge in [0.05, 0.1) is 30.4 Å². The van der Waals surface area contributed by atoms with E-state index in [0.29, 0.717) is 29.8 Å². The molecule has 0 bridgehead atoms. The van der Waals surface area contributed by atoms with E-state index in [1.807, 2.05) is 23.0 Å². The zero-order valence-electron chi connectivity index (χ0n) is 31.1. The van der Waals surface area contributed by atoms with Crippen LogP contribution < -0.4 is 21.1 Å². The van der Waals surface area contributed by atoms with Gasteiger partial charge in [-0.05, 0) is 107 Å². The van der Waals surface area contributed by atoms with E-state index in [1.54, 1.807) is 35.6 Å². The number of amides is 2. The smallest absolute Gasteiger partial charge is 0.433 e. The Morgan fingerprint density at radius 2 is 1.80 bits per heavy atom. The molecule has 1 aromatic carbocycles. The maximum Gasteiger partial charge on any atom is 0.433 e. The Hall–Kier alpha value is -5.29. The van der Waals surface area contributed by atoms with Gasteiger partial charge in [-0.2, -0.15) is 18.3 Å². The van der Waals surface area contributed by atoms with Gasteiger partial charge < -0.3 is 25.4 Å². The number of imidazole rings is 1. The summed E-state index contributed by atoms with van der Waals surface area (Å²) in [5.74, 6) is 0.519. The van der Waals surface area contributed by atoms with Crippen molar-refractivity contribution in [1.82, 2.24) is 39.1 Å². The van der Waals surface area contributed by atoms with Crippen LogP contribution in [0.15, 0.2) is 53.6 Å². The van der Waals surface area contributed by atoms with Crippen LogP contribution in [0.3, 0.4) is 0 Å². The summed E-state index contributed by atoms with van der Waals surface area (Å²) in [4.78, 5) is 49.3. The fourth-order valence-electron chi connectivity index (χ4n) is 8.85. The van der Waals surface area contributed by atoms with Gasteiger partial charge in [-0.15, -0.1) is 0 Å². The molecule has 2 aliphatic heterocycles. The number of carbonyl (C=O) groups excluding carboxylic acids is 2. The van der Waals surface area contributed by atoms with Gasteiger partial charge in [-0.1, -0.05) is 6.07 Å². The van der Waals surface area contributed by atoms with Crippen molar-refractivity contribution in [2.75, 3.05) is 32.1 Å². The largest absolute Gasteiger partial charge is 0.496 e. The lowest BCUT2D eigenvalue weighted by Gasteiger charge is -2.37. The summed E-state index contributed by atoms with van der Waals surface area (Å²) in [6.07, 6.45) is 4.53. The van der Waals surface area contributed by atoms with Crippen LogP contribution >= 0.6 is 0 Å².